The Morgan fingerprint density at radius 2 is 1.65 bits per heavy atom. The van der Waals surface area contributed by atoms with Gasteiger partial charge in [-0.05, 0) is 37.6 Å². The zero-order valence-electron chi connectivity index (χ0n) is 10.4. The van der Waals surface area contributed by atoms with Crippen LogP contribution < -0.4 is 10.0 Å². The van der Waals surface area contributed by atoms with Gasteiger partial charge in [0, 0.05) is 17.9 Å². The molecule has 0 radical (unpaired) electrons. The lowest BCUT2D eigenvalue weighted by Gasteiger charge is -2.08. The molecule has 0 amide bonds. The van der Waals surface area contributed by atoms with Gasteiger partial charge in [0.05, 0.1) is 5.75 Å². The summed E-state index contributed by atoms with van der Waals surface area (Å²) in [5, 5.41) is 3.27. The van der Waals surface area contributed by atoms with Crippen LogP contribution in [-0.2, 0) is 10.0 Å². The second-order valence-corrected chi connectivity index (χ2v) is 5.87. The summed E-state index contributed by atoms with van der Waals surface area (Å²) in [6, 6.07) is 7.29. The summed E-state index contributed by atoms with van der Waals surface area (Å²) in [7, 11) is -3.18. The molecule has 1 aromatic carbocycles. The van der Waals surface area contributed by atoms with Crippen LogP contribution in [0, 0.1) is 0 Å². The third-order valence-electron chi connectivity index (χ3n) is 2.40. The Morgan fingerprint density at radius 1 is 1.06 bits per heavy atom. The van der Waals surface area contributed by atoms with E-state index in [9.17, 15) is 8.42 Å². The summed E-state index contributed by atoms with van der Waals surface area (Å²) in [6.45, 7) is 4.70. The van der Waals surface area contributed by atoms with Crippen molar-refractivity contribution in [1.82, 2.24) is 0 Å². The lowest BCUT2D eigenvalue weighted by molar-refractivity contribution is 0.602. The van der Waals surface area contributed by atoms with Crippen molar-refractivity contribution in [3.63, 3.8) is 0 Å². The summed E-state index contributed by atoms with van der Waals surface area (Å²) in [5.74, 6) is 0.0868. The number of anilines is 2. The van der Waals surface area contributed by atoms with Gasteiger partial charge in [0.2, 0.25) is 10.0 Å². The predicted octanol–water partition coefficient (Wildman–Crippen LogP) is 2.66. The van der Waals surface area contributed by atoms with E-state index in [0.29, 0.717) is 5.69 Å². The summed E-state index contributed by atoms with van der Waals surface area (Å²) < 4.78 is 25.2. The second-order valence-electron chi connectivity index (χ2n) is 3.86. The molecule has 0 unspecified atom stereocenters. The van der Waals surface area contributed by atoms with Crippen molar-refractivity contribution in [3.8, 4) is 0 Å². The van der Waals surface area contributed by atoms with E-state index in [1.54, 1.807) is 19.1 Å². The quantitative estimate of drug-likeness (QED) is 0.737. The first-order valence-electron chi connectivity index (χ1n) is 5.92. The first-order valence-corrected chi connectivity index (χ1v) is 7.57. The van der Waals surface area contributed by atoms with E-state index in [1.165, 1.54) is 0 Å². The van der Waals surface area contributed by atoms with Gasteiger partial charge in [-0.2, -0.15) is 0 Å². The zero-order chi connectivity index (χ0) is 12.7. The van der Waals surface area contributed by atoms with Gasteiger partial charge in [-0.1, -0.05) is 13.3 Å². The minimum atomic E-state index is -3.18. The molecule has 0 heterocycles. The molecule has 2 N–H and O–H groups in total. The van der Waals surface area contributed by atoms with Gasteiger partial charge < -0.3 is 5.32 Å². The average molecular weight is 256 g/mol. The number of rotatable bonds is 7. The Hall–Kier alpha value is -1.23. The molecule has 0 aliphatic rings. The van der Waals surface area contributed by atoms with Crippen LogP contribution in [0.2, 0.25) is 0 Å². The van der Waals surface area contributed by atoms with Gasteiger partial charge >= 0.3 is 0 Å². The van der Waals surface area contributed by atoms with Crippen molar-refractivity contribution < 1.29 is 8.42 Å². The minimum absolute atomic E-state index is 0.0868. The van der Waals surface area contributed by atoms with Crippen molar-refractivity contribution in [3.05, 3.63) is 24.3 Å². The molecule has 0 aliphatic heterocycles. The summed E-state index contributed by atoms with van der Waals surface area (Å²) >= 11 is 0. The minimum Gasteiger partial charge on any atom is -0.385 e. The molecule has 0 atom stereocenters. The monoisotopic (exact) mass is 256 g/mol. The molecule has 1 aromatic rings. The maximum atomic E-state index is 11.3. The van der Waals surface area contributed by atoms with E-state index in [1.807, 2.05) is 12.1 Å². The fourth-order valence-electron chi connectivity index (χ4n) is 1.32. The maximum Gasteiger partial charge on any atom is 0.232 e. The first kappa shape index (κ1) is 13.8. The maximum absolute atomic E-state index is 11.3. The molecule has 0 fully saturated rings. The highest BCUT2D eigenvalue weighted by Gasteiger charge is 2.05. The SMILES string of the molecule is CCCCNc1ccc(NS(=O)(=O)CC)cc1. The number of sulfonamides is 1. The molecule has 0 bridgehead atoms. The average Bonchev–Trinajstić information content (AvgIpc) is 2.31. The van der Waals surface area contributed by atoms with E-state index in [2.05, 4.69) is 17.0 Å². The Bertz CT molecular complexity index is 426. The summed E-state index contributed by atoms with van der Waals surface area (Å²) in [6.07, 6.45) is 2.28. The van der Waals surface area contributed by atoms with Gasteiger partial charge in [0.1, 0.15) is 0 Å². The van der Waals surface area contributed by atoms with Crippen LogP contribution >= 0.6 is 0 Å². The van der Waals surface area contributed by atoms with E-state index in [0.717, 1.165) is 25.1 Å². The highest BCUT2D eigenvalue weighted by Crippen LogP contribution is 2.14. The molecule has 17 heavy (non-hydrogen) atoms. The third-order valence-corrected chi connectivity index (χ3v) is 3.70. The molecule has 0 saturated carbocycles. The number of nitrogens with one attached hydrogen (secondary N) is 2. The van der Waals surface area contributed by atoms with Crippen LogP contribution in [0.4, 0.5) is 11.4 Å². The fraction of sp³-hybridized carbons (Fsp3) is 0.500. The van der Waals surface area contributed by atoms with Crippen molar-refractivity contribution >= 4 is 21.4 Å². The van der Waals surface area contributed by atoms with Crippen LogP contribution in [0.25, 0.3) is 0 Å². The number of hydrogen-bond acceptors (Lipinski definition) is 3. The van der Waals surface area contributed by atoms with Crippen LogP contribution in [-0.4, -0.2) is 20.7 Å². The molecule has 0 spiro atoms. The molecular formula is C12H20N2O2S. The number of unbranched alkanes of at least 4 members (excludes halogenated alkanes) is 1. The molecule has 1 rings (SSSR count). The Morgan fingerprint density at radius 3 is 2.18 bits per heavy atom. The van der Waals surface area contributed by atoms with Crippen LogP contribution in [0.5, 0.6) is 0 Å². The molecular weight excluding hydrogens is 236 g/mol. The molecule has 4 nitrogen and oxygen atoms in total. The van der Waals surface area contributed by atoms with Crippen LogP contribution in [0.3, 0.4) is 0 Å². The number of hydrogen-bond donors (Lipinski definition) is 2. The Kier molecular flexibility index (Phi) is 5.28. The lowest BCUT2D eigenvalue weighted by atomic mass is 10.2. The van der Waals surface area contributed by atoms with Gasteiger partial charge in [-0.3, -0.25) is 4.72 Å². The first-order chi connectivity index (χ1) is 8.07. The van der Waals surface area contributed by atoms with Gasteiger partial charge in [0.15, 0.2) is 0 Å². The van der Waals surface area contributed by atoms with Crippen LogP contribution in [0.15, 0.2) is 24.3 Å². The van der Waals surface area contributed by atoms with Crippen molar-refractivity contribution in [2.45, 2.75) is 26.7 Å². The number of benzene rings is 1. The van der Waals surface area contributed by atoms with Crippen molar-refractivity contribution in [2.75, 3.05) is 22.3 Å². The molecule has 0 aliphatic carbocycles. The smallest absolute Gasteiger partial charge is 0.232 e. The largest absolute Gasteiger partial charge is 0.385 e. The normalized spacial score (nSPS) is 11.2. The van der Waals surface area contributed by atoms with Crippen molar-refractivity contribution in [1.29, 1.82) is 0 Å². The van der Waals surface area contributed by atoms with E-state index >= 15 is 0 Å². The van der Waals surface area contributed by atoms with Crippen LogP contribution in [0.1, 0.15) is 26.7 Å². The summed E-state index contributed by atoms with van der Waals surface area (Å²) in [5.41, 5.74) is 1.62. The van der Waals surface area contributed by atoms with Gasteiger partial charge in [-0.25, -0.2) is 8.42 Å². The van der Waals surface area contributed by atoms with Crippen molar-refractivity contribution in [2.24, 2.45) is 0 Å². The predicted molar refractivity (Wildman–Crippen MR) is 72.9 cm³/mol. The molecule has 5 heteroatoms. The highest BCUT2D eigenvalue weighted by atomic mass is 32.2. The Balaban J connectivity index is 2.56. The standard InChI is InChI=1S/C12H20N2O2S/c1-3-5-10-13-11-6-8-12(9-7-11)14-17(15,16)4-2/h6-9,13-14H,3-5,10H2,1-2H3. The third kappa shape index (κ3) is 5.08. The molecule has 0 aromatic heterocycles. The topological polar surface area (TPSA) is 58.2 Å². The lowest BCUT2D eigenvalue weighted by Crippen LogP contribution is -2.14. The van der Waals surface area contributed by atoms with Gasteiger partial charge in [-0.15, -0.1) is 0 Å². The molecule has 96 valence electrons. The fourth-order valence-corrected chi connectivity index (χ4v) is 1.96. The zero-order valence-corrected chi connectivity index (χ0v) is 11.2. The Labute approximate surface area is 103 Å². The molecule has 0 saturated heterocycles. The van der Waals surface area contributed by atoms with Gasteiger partial charge in [0.25, 0.3) is 0 Å². The van der Waals surface area contributed by atoms with E-state index in [4.69, 9.17) is 0 Å². The van der Waals surface area contributed by atoms with E-state index < -0.39 is 10.0 Å². The second kappa shape index (κ2) is 6.49. The highest BCUT2D eigenvalue weighted by molar-refractivity contribution is 7.92. The van der Waals surface area contributed by atoms with E-state index in [-0.39, 0.29) is 5.75 Å². The summed E-state index contributed by atoms with van der Waals surface area (Å²) in [4.78, 5) is 0.